The van der Waals surface area contributed by atoms with Crippen LogP contribution in [0.3, 0.4) is 0 Å². The molecule has 0 spiro atoms. The van der Waals surface area contributed by atoms with Gasteiger partial charge in [0.25, 0.3) is 0 Å². The van der Waals surface area contributed by atoms with Crippen LogP contribution < -0.4 is 5.32 Å². The summed E-state index contributed by atoms with van der Waals surface area (Å²) in [4.78, 5) is 4.16. The van der Waals surface area contributed by atoms with Gasteiger partial charge >= 0.3 is 0 Å². The molecule has 0 fully saturated rings. The Labute approximate surface area is 140 Å². The minimum absolute atomic E-state index is 0.00232. The summed E-state index contributed by atoms with van der Waals surface area (Å²) in [6, 6.07) is 17.8. The van der Waals surface area contributed by atoms with E-state index in [2.05, 4.69) is 28.5 Å². The molecule has 2 N–H and O–H groups in total. The van der Waals surface area contributed by atoms with Gasteiger partial charge in [-0.05, 0) is 46.5 Å². The molecule has 3 rings (SSSR count). The van der Waals surface area contributed by atoms with Crippen molar-refractivity contribution in [3.05, 3.63) is 83.1 Å². The van der Waals surface area contributed by atoms with Gasteiger partial charge in [-0.25, -0.2) is 0 Å². The lowest BCUT2D eigenvalue weighted by Crippen LogP contribution is -2.01. The Morgan fingerprint density at radius 3 is 2.61 bits per heavy atom. The van der Waals surface area contributed by atoms with E-state index >= 15 is 0 Å². The van der Waals surface area contributed by atoms with Gasteiger partial charge in [0.05, 0.1) is 17.3 Å². The molecular weight excluding hydrogens is 308 g/mol. The predicted octanol–water partition coefficient (Wildman–Crippen LogP) is 4.51. The largest absolute Gasteiger partial charge is 0.392 e. The van der Waals surface area contributed by atoms with Crippen molar-refractivity contribution in [1.82, 2.24) is 4.98 Å². The third kappa shape index (κ3) is 3.89. The molecule has 0 saturated carbocycles. The molecule has 0 saturated heterocycles. The Hall–Kier alpha value is -2.36. The van der Waals surface area contributed by atoms with E-state index in [-0.39, 0.29) is 6.61 Å². The SMILES string of the molecule is OCc1ccc(Cl)c(NCc2cccc(-c3cccnc3)c2)c1. The number of aliphatic hydroxyl groups excluding tert-OH is 1. The van der Waals surface area contributed by atoms with Crippen molar-refractivity contribution in [2.45, 2.75) is 13.2 Å². The smallest absolute Gasteiger partial charge is 0.0682 e. The van der Waals surface area contributed by atoms with Crippen LogP contribution in [0.5, 0.6) is 0 Å². The predicted molar refractivity (Wildman–Crippen MR) is 94.4 cm³/mol. The molecule has 0 bridgehead atoms. The van der Waals surface area contributed by atoms with Crippen molar-refractivity contribution in [2.24, 2.45) is 0 Å². The molecule has 2 aromatic carbocycles. The van der Waals surface area contributed by atoms with Gasteiger partial charge in [-0.3, -0.25) is 4.98 Å². The summed E-state index contributed by atoms with van der Waals surface area (Å²) in [6.07, 6.45) is 3.62. The van der Waals surface area contributed by atoms with E-state index in [0.717, 1.165) is 27.9 Å². The van der Waals surface area contributed by atoms with Crippen molar-refractivity contribution < 1.29 is 5.11 Å². The van der Waals surface area contributed by atoms with Gasteiger partial charge in [0.15, 0.2) is 0 Å². The van der Waals surface area contributed by atoms with E-state index in [1.54, 1.807) is 12.3 Å². The lowest BCUT2D eigenvalue weighted by atomic mass is 10.0. The topological polar surface area (TPSA) is 45.1 Å². The zero-order chi connectivity index (χ0) is 16.1. The molecule has 0 radical (unpaired) electrons. The number of hydrogen-bond acceptors (Lipinski definition) is 3. The highest BCUT2D eigenvalue weighted by Gasteiger charge is 2.03. The Bertz CT molecular complexity index is 790. The standard InChI is InChI=1S/C19H17ClN2O/c20-18-7-6-15(13-23)10-19(18)22-11-14-3-1-4-16(9-14)17-5-2-8-21-12-17/h1-10,12,22-23H,11,13H2. The van der Waals surface area contributed by atoms with E-state index in [1.165, 1.54) is 0 Å². The minimum atomic E-state index is 0.00232. The maximum Gasteiger partial charge on any atom is 0.0682 e. The normalized spacial score (nSPS) is 10.5. The van der Waals surface area contributed by atoms with E-state index in [0.29, 0.717) is 11.6 Å². The first-order valence-electron chi connectivity index (χ1n) is 7.39. The van der Waals surface area contributed by atoms with Gasteiger partial charge in [-0.1, -0.05) is 41.9 Å². The monoisotopic (exact) mass is 324 g/mol. The first-order valence-corrected chi connectivity index (χ1v) is 7.76. The first-order chi connectivity index (χ1) is 11.3. The van der Waals surface area contributed by atoms with Gasteiger partial charge in [-0.2, -0.15) is 0 Å². The minimum Gasteiger partial charge on any atom is -0.392 e. The lowest BCUT2D eigenvalue weighted by molar-refractivity contribution is 0.282. The van der Waals surface area contributed by atoms with Gasteiger partial charge < -0.3 is 10.4 Å². The van der Waals surface area contributed by atoms with Crippen LogP contribution in [0.25, 0.3) is 11.1 Å². The fourth-order valence-corrected chi connectivity index (χ4v) is 2.58. The van der Waals surface area contributed by atoms with Crippen molar-refractivity contribution >= 4 is 17.3 Å². The van der Waals surface area contributed by atoms with Gasteiger partial charge in [-0.15, -0.1) is 0 Å². The molecule has 4 heteroatoms. The van der Waals surface area contributed by atoms with Crippen LogP contribution in [-0.4, -0.2) is 10.1 Å². The molecule has 0 atom stereocenters. The maximum atomic E-state index is 9.22. The molecular formula is C19H17ClN2O. The molecule has 3 nitrogen and oxygen atoms in total. The molecule has 0 unspecified atom stereocenters. The first kappa shape index (κ1) is 15.5. The average Bonchev–Trinajstić information content (AvgIpc) is 2.62. The Morgan fingerprint density at radius 2 is 1.83 bits per heavy atom. The second-order valence-corrected chi connectivity index (χ2v) is 5.68. The molecule has 0 amide bonds. The highest BCUT2D eigenvalue weighted by molar-refractivity contribution is 6.33. The van der Waals surface area contributed by atoms with Gasteiger partial charge in [0, 0.05) is 18.9 Å². The summed E-state index contributed by atoms with van der Waals surface area (Å²) in [7, 11) is 0. The summed E-state index contributed by atoms with van der Waals surface area (Å²) in [5.74, 6) is 0. The Kier molecular flexibility index (Phi) is 4.91. The summed E-state index contributed by atoms with van der Waals surface area (Å²) < 4.78 is 0. The fraction of sp³-hybridized carbons (Fsp3) is 0.105. The van der Waals surface area contributed by atoms with Crippen molar-refractivity contribution in [3.63, 3.8) is 0 Å². The summed E-state index contributed by atoms with van der Waals surface area (Å²) in [6.45, 7) is 0.658. The van der Waals surface area contributed by atoms with Gasteiger partial charge in [0.2, 0.25) is 0 Å². The number of benzene rings is 2. The maximum absolute atomic E-state index is 9.22. The van der Waals surface area contributed by atoms with E-state index < -0.39 is 0 Å². The molecule has 1 heterocycles. The molecule has 0 aliphatic carbocycles. The molecule has 3 aromatic rings. The summed E-state index contributed by atoms with van der Waals surface area (Å²) >= 11 is 6.19. The summed E-state index contributed by atoms with van der Waals surface area (Å²) in [5.41, 5.74) is 5.03. The van der Waals surface area contributed by atoms with Crippen molar-refractivity contribution in [1.29, 1.82) is 0 Å². The highest BCUT2D eigenvalue weighted by atomic mass is 35.5. The van der Waals surface area contributed by atoms with E-state index in [1.807, 2.05) is 36.5 Å². The molecule has 1 aromatic heterocycles. The Morgan fingerprint density at radius 1 is 0.957 bits per heavy atom. The number of halogens is 1. The number of pyridine rings is 1. The number of aromatic nitrogens is 1. The van der Waals surface area contributed by atoms with Crippen LogP contribution in [0.15, 0.2) is 67.0 Å². The number of nitrogens with one attached hydrogen (secondary N) is 1. The van der Waals surface area contributed by atoms with E-state index in [9.17, 15) is 5.11 Å². The number of rotatable bonds is 5. The Balaban J connectivity index is 1.77. The number of aliphatic hydroxyl groups is 1. The molecule has 0 aliphatic heterocycles. The number of nitrogens with zero attached hydrogens (tertiary/aromatic N) is 1. The van der Waals surface area contributed by atoms with Crippen molar-refractivity contribution in [3.8, 4) is 11.1 Å². The average molecular weight is 325 g/mol. The van der Waals surface area contributed by atoms with E-state index in [4.69, 9.17) is 11.6 Å². The van der Waals surface area contributed by atoms with Crippen LogP contribution in [0.2, 0.25) is 5.02 Å². The second kappa shape index (κ2) is 7.27. The molecule has 0 aliphatic rings. The van der Waals surface area contributed by atoms with Crippen LogP contribution in [0, 0.1) is 0 Å². The number of anilines is 1. The summed E-state index contributed by atoms with van der Waals surface area (Å²) in [5, 5.41) is 13.2. The zero-order valence-electron chi connectivity index (χ0n) is 12.5. The quantitative estimate of drug-likeness (QED) is 0.726. The van der Waals surface area contributed by atoms with Gasteiger partial charge in [0.1, 0.15) is 0 Å². The van der Waals surface area contributed by atoms with Crippen LogP contribution in [0.4, 0.5) is 5.69 Å². The van der Waals surface area contributed by atoms with Crippen LogP contribution in [0.1, 0.15) is 11.1 Å². The van der Waals surface area contributed by atoms with Crippen molar-refractivity contribution in [2.75, 3.05) is 5.32 Å². The fourth-order valence-electron chi connectivity index (χ4n) is 2.40. The molecule has 116 valence electrons. The highest BCUT2D eigenvalue weighted by Crippen LogP contribution is 2.25. The van der Waals surface area contributed by atoms with Crippen LogP contribution in [-0.2, 0) is 13.2 Å². The van der Waals surface area contributed by atoms with Crippen LogP contribution >= 0.6 is 11.6 Å². The number of hydrogen-bond donors (Lipinski definition) is 2. The molecule has 23 heavy (non-hydrogen) atoms. The third-order valence-corrected chi connectivity index (χ3v) is 3.95. The zero-order valence-corrected chi connectivity index (χ0v) is 13.3. The lowest BCUT2D eigenvalue weighted by Gasteiger charge is -2.11. The second-order valence-electron chi connectivity index (χ2n) is 5.27. The third-order valence-electron chi connectivity index (χ3n) is 3.62.